The quantitative estimate of drug-likeness (QED) is 0.774. The second-order valence-electron chi connectivity index (χ2n) is 3.94. The lowest BCUT2D eigenvalue weighted by atomic mass is 10.2. The van der Waals surface area contributed by atoms with Crippen molar-refractivity contribution < 1.29 is 4.39 Å². The number of nitrogens with two attached hydrogens (primary N) is 1. The van der Waals surface area contributed by atoms with E-state index in [1.54, 1.807) is 12.1 Å². The van der Waals surface area contributed by atoms with E-state index in [-0.39, 0.29) is 5.82 Å². The molecule has 0 unspecified atom stereocenters. The van der Waals surface area contributed by atoms with Crippen LogP contribution in [-0.4, -0.2) is 23.5 Å². The van der Waals surface area contributed by atoms with Gasteiger partial charge in [0.1, 0.15) is 5.82 Å². The fraction of sp³-hybridized carbons (Fsp3) is 0.417. The summed E-state index contributed by atoms with van der Waals surface area (Å²) in [5.41, 5.74) is 6.40. The van der Waals surface area contributed by atoms with Crippen LogP contribution in [0.5, 0.6) is 0 Å². The van der Waals surface area contributed by atoms with Crippen molar-refractivity contribution in [3.05, 3.63) is 35.6 Å². The summed E-state index contributed by atoms with van der Waals surface area (Å²) in [4.78, 5) is 2.69. The largest absolute Gasteiger partial charge is 0.393 e. The van der Waals surface area contributed by atoms with Crippen LogP contribution < -0.4 is 5.73 Å². The van der Waals surface area contributed by atoms with E-state index in [9.17, 15) is 4.39 Å². The number of hydrogen-bond donors (Lipinski definition) is 1. The summed E-state index contributed by atoms with van der Waals surface area (Å²) in [6.07, 6.45) is 1.71. The fourth-order valence-corrected chi connectivity index (χ4v) is 1.69. The van der Waals surface area contributed by atoms with Crippen molar-refractivity contribution >= 4 is 17.2 Å². The Bertz CT molecular complexity index is 355. The molecule has 1 aromatic carbocycles. The maximum absolute atomic E-state index is 12.9. The summed E-state index contributed by atoms with van der Waals surface area (Å²) in [7, 11) is 2.00. The molecule has 2 N–H and O–H groups in total. The Balaban J connectivity index is 2.33. The molecule has 0 aliphatic rings. The van der Waals surface area contributed by atoms with Crippen LogP contribution in [-0.2, 0) is 6.54 Å². The molecule has 2 nitrogen and oxygen atoms in total. The van der Waals surface area contributed by atoms with Crippen LogP contribution in [0.2, 0.25) is 0 Å². The molecule has 88 valence electrons. The van der Waals surface area contributed by atoms with Gasteiger partial charge in [0.15, 0.2) is 0 Å². The topological polar surface area (TPSA) is 29.3 Å². The highest BCUT2D eigenvalue weighted by Gasteiger charge is 2.01. The molecule has 0 aromatic heterocycles. The van der Waals surface area contributed by atoms with E-state index in [1.807, 2.05) is 13.1 Å². The van der Waals surface area contributed by atoms with Gasteiger partial charge < -0.3 is 10.6 Å². The first-order valence-corrected chi connectivity index (χ1v) is 5.70. The van der Waals surface area contributed by atoms with Crippen LogP contribution in [0.4, 0.5) is 4.39 Å². The Morgan fingerprint density at radius 2 is 2.25 bits per heavy atom. The monoisotopic (exact) mass is 240 g/mol. The summed E-state index contributed by atoms with van der Waals surface area (Å²) >= 11 is 4.80. The van der Waals surface area contributed by atoms with E-state index in [0.717, 1.165) is 31.5 Å². The van der Waals surface area contributed by atoms with Gasteiger partial charge >= 0.3 is 0 Å². The minimum Gasteiger partial charge on any atom is -0.393 e. The number of benzene rings is 1. The molecule has 0 radical (unpaired) electrons. The third-order valence-corrected chi connectivity index (χ3v) is 2.51. The maximum atomic E-state index is 12.9. The van der Waals surface area contributed by atoms with Gasteiger partial charge in [0, 0.05) is 6.54 Å². The zero-order chi connectivity index (χ0) is 12.0. The molecule has 1 rings (SSSR count). The molecular formula is C12H17FN2S. The highest BCUT2D eigenvalue weighted by molar-refractivity contribution is 7.80. The molecule has 0 bridgehead atoms. The summed E-state index contributed by atoms with van der Waals surface area (Å²) in [5.74, 6) is -0.186. The molecule has 16 heavy (non-hydrogen) atoms. The molecule has 1 aromatic rings. The Kier molecular flexibility index (Phi) is 5.35. The second kappa shape index (κ2) is 6.55. The first kappa shape index (κ1) is 13.1. The third kappa shape index (κ3) is 5.19. The van der Waals surface area contributed by atoms with Crippen LogP contribution in [0.25, 0.3) is 0 Å². The Hall–Kier alpha value is -1.00. The number of rotatable bonds is 6. The van der Waals surface area contributed by atoms with Crippen molar-refractivity contribution in [1.82, 2.24) is 4.90 Å². The van der Waals surface area contributed by atoms with E-state index in [2.05, 4.69) is 4.90 Å². The number of halogens is 1. The smallest absolute Gasteiger partial charge is 0.123 e. The molecule has 0 fully saturated rings. The van der Waals surface area contributed by atoms with Gasteiger partial charge in [-0.25, -0.2) is 4.39 Å². The summed E-state index contributed by atoms with van der Waals surface area (Å²) in [5, 5.41) is 0. The second-order valence-corrected chi connectivity index (χ2v) is 4.46. The molecular weight excluding hydrogens is 223 g/mol. The third-order valence-electron chi connectivity index (χ3n) is 2.30. The van der Waals surface area contributed by atoms with Crippen LogP contribution >= 0.6 is 12.2 Å². The normalized spacial score (nSPS) is 10.7. The van der Waals surface area contributed by atoms with Gasteiger partial charge in [-0.1, -0.05) is 24.4 Å². The molecule has 0 atom stereocenters. The average Bonchev–Trinajstić information content (AvgIpc) is 2.16. The highest BCUT2D eigenvalue weighted by Crippen LogP contribution is 2.06. The lowest BCUT2D eigenvalue weighted by molar-refractivity contribution is 0.324. The Morgan fingerprint density at radius 3 is 2.88 bits per heavy atom. The first-order valence-electron chi connectivity index (χ1n) is 5.29. The number of hydrogen-bond acceptors (Lipinski definition) is 2. The van der Waals surface area contributed by atoms with E-state index in [4.69, 9.17) is 18.0 Å². The molecule has 4 heteroatoms. The van der Waals surface area contributed by atoms with Gasteiger partial charge in [0.25, 0.3) is 0 Å². The summed E-state index contributed by atoms with van der Waals surface area (Å²) < 4.78 is 12.9. The highest BCUT2D eigenvalue weighted by atomic mass is 32.1. The van der Waals surface area contributed by atoms with Crippen molar-refractivity contribution in [2.45, 2.75) is 19.4 Å². The van der Waals surface area contributed by atoms with Crippen LogP contribution in [0.1, 0.15) is 18.4 Å². The van der Waals surface area contributed by atoms with Gasteiger partial charge in [-0.05, 0) is 44.1 Å². The lowest BCUT2D eigenvalue weighted by Gasteiger charge is -2.16. The predicted molar refractivity (Wildman–Crippen MR) is 68.8 cm³/mol. The van der Waals surface area contributed by atoms with Crippen molar-refractivity contribution in [2.24, 2.45) is 5.73 Å². The molecule has 0 aliphatic carbocycles. The predicted octanol–water partition coefficient (Wildman–Crippen LogP) is 2.32. The van der Waals surface area contributed by atoms with Crippen LogP contribution in [0, 0.1) is 5.82 Å². The van der Waals surface area contributed by atoms with Crippen molar-refractivity contribution in [3.63, 3.8) is 0 Å². The van der Waals surface area contributed by atoms with Crippen LogP contribution in [0.3, 0.4) is 0 Å². The van der Waals surface area contributed by atoms with Gasteiger partial charge in [-0.2, -0.15) is 0 Å². The summed E-state index contributed by atoms with van der Waals surface area (Å²) in [6, 6.07) is 6.67. The van der Waals surface area contributed by atoms with E-state index < -0.39 is 0 Å². The molecule has 0 spiro atoms. The van der Waals surface area contributed by atoms with E-state index in [0.29, 0.717) is 4.99 Å². The van der Waals surface area contributed by atoms with Gasteiger partial charge in [-0.15, -0.1) is 0 Å². The van der Waals surface area contributed by atoms with Crippen molar-refractivity contribution in [3.8, 4) is 0 Å². The molecule has 0 saturated carbocycles. The van der Waals surface area contributed by atoms with Crippen molar-refractivity contribution in [2.75, 3.05) is 13.6 Å². The lowest BCUT2D eigenvalue weighted by Crippen LogP contribution is -2.20. The molecule has 0 amide bonds. The average molecular weight is 240 g/mol. The van der Waals surface area contributed by atoms with E-state index in [1.165, 1.54) is 6.07 Å². The SMILES string of the molecule is CN(CCCC(N)=S)Cc1cccc(F)c1. The van der Waals surface area contributed by atoms with Gasteiger partial charge in [0.05, 0.1) is 4.99 Å². The van der Waals surface area contributed by atoms with Crippen molar-refractivity contribution in [1.29, 1.82) is 0 Å². The molecule has 0 aliphatic heterocycles. The minimum absolute atomic E-state index is 0.186. The standard InChI is InChI=1S/C12H17FN2S/c1-15(7-3-6-12(14)16)9-10-4-2-5-11(13)8-10/h2,4-5,8H,3,6-7,9H2,1H3,(H2,14,16). The van der Waals surface area contributed by atoms with Gasteiger partial charge in [0.2, 0.25) is 0 Å². The Morgan fingerprint density at radius 1 is 1.50 bits per heavy atom. The number of nitrogens with zero attached hydrogens (tertiary/aromatic N) is 1. The summed E-state index contributed by atoms with van der Waals surface area (Å²) in [6.45, 7) is 1.66. The van der Waals surface area contributed by atoms with E-state index >= 15 is 0 Å². The molecule has 0 heterocycles. The Labute approximate surface area is 101 Å². The van der Waals surface area contributed by atoms with Gasteiger partial charge in [-0.3, -0.25) is 0 Å². The zero-order valence-corrected chi connectivity index (χ0v) is 10.3. The zero-order valence-electron chi connectivity index (χ0n) is 9.45. The fourth-order valence-electron chi connectivity index (χ4n) is 1.55. The maximum Gasteiger partial charge on any atom is 0.123 e. The van der Waals surface area contributed by atoms with Crippen LogP contribution in [0.15, 0.2) is 24.3 Å². The minimum atomic E-state index is -0.186. The number of thiocarbonyl (C=S) groups is 1. The first-order chi connectivity index (χ1) is 7.58. The molecule has 0 saturated heterocycles.